The Hall–Kier alpha value is -2.41. The van der Waals surface area contributed by atoms with Crippen molar-refractivity contribution in [3.05, 3.63) is 45.1 Å². The highest BCUT2D eigenvalue weighted by Gasteiger charge is 2.26. The topological polar surface area (TPSA) is 84.4 Å². The summed E-state index contributed by atoms with van der Waals surface area (Å²) in [6, 6.07) is 5.91. The van der Waals surface area contributed by atoms with Crippen molar-refractivity contribution in [3.63, 3.8) is 0 Å². The Balaban J connectivity index is 2.03. The molecule has 1 aromatic carbocycles. The molecule has 1 N–H and O–H groups in total. The van der Waals surface area contributed by atoms with Crippen LogP contribution >= 0.6 is 0 Å². The largest absolute Gasteiger partial charge is 0.378 e. The predicted molar refractivity (Wildman–Crippen MR) is 80.9 cm³/mol. The number of nitrogens with one attached hydrogen (secondary N) is 1. The van der Waals surface area contributed by atoms with Gasteiger partial charge in [-0.2, -0.15) is 0 Å². The van der Waals surface area contributed by atoms with Crippen LogP contribution in [0, 0.1) is 0 Å². The number of carbonyl (C=O) groups is 1. The SMILES string of the molecule is CC(C(=O)N1CCOCC1)n1c(=O)[nH]c2ccccc2c1=O. The Bertz CT molecular complexity index is 817. The lowest BCUT2D eigenvalue weighted by molar-refractivity contribution is -0.138. The summed E-state index contributed by atoms with van der Waals surface area (Å²) < 4.78 is 6.20. The maximum absolute atomic E-state index is 12.5. The first-order valence-corrected chi connectivity index (χ1v) is 7.19. The molecule has 116 valence electrons. The third-order valence-corrected chi connectivity index (χ3v) is 3.90. The number of para-hydroxylation sites is 1. The Morgan fingerprint density at radius 2 is 1.91 bits per heavy atom. The van der Waals surface area contributed by atoms with Crippen LogP contribution in [-0.4, -0.2) is 46.7 Å². The van der Waals surface area contributed by atoms with Gasteiger partial charge in [-0.15, -0.1) is 0 Å². The highest BCUT2D eigenvalue weighted by molar-refractivity contribution is 5.81. The van der Waals surface area contributed by atoms with Crippen LogP contribution in [0.1, 0.15) is 13.0 Å². The second-order valence-electron chi connectivity index (χ2n) is 5.26. The number of aromatic amines is 1. The number of H-pyrrole nitrogens is 1. The highest BCUT2D eigenvalue weighted by Crippen LogP contribution is 2.10. The van der Waals surface area contributed by atoms with E-state index < -0.39 is 17.3 Å². The summed E-state index contributed by atoms with van der Waals surface area (Å²) in [6.07, 6.45) is 0. The molecule has 7 heteroatoms. The Labute approximate surface area is 126 Å². The summed E-state index contributed by atoms with van der Waals surface area (Å²) in [4.78, 5) is 41.5. The van der Waals surface area contributed by atoms with Gasteiger partial charge >= 0.3 is 5.69 Å². The van der Waals surface area contributed by atoms with Gasteiger partial charge in [0.05, 0.1) is 24.1 Å². The quantitative estimate of drug-likeness (QED) is 0.853. The Morgan fingerprint density at radius 1 is 1.23 bits per heavy atom. The van der Waals surface area contributed by atoms with Crippen molar-refractivity contribution in [2.75, 3.05) is 26.3 Å². The monoisotopic (exact) mass is 303 g/mol. The standard InChI is InChI=1S/C15H17N3O4/c1-10(13(19)17-6-8-22-9-7-17)18-14(20)11-4-2-3-5-12(11)16-15(18)21/h2-5,10H,6-9H2,1H3,(H,16,21). The fourth-order valence-corrected chi connectivity index (χ4v) is 2.69. The van der Waals surface area contributed by atoms with Gasteiger partial charge in [-0.25, -0.2) is 9.36 Å². The first-order chi connectivity index (χ1) is 10.6. The molecular weight excluding hydrogens is 286 g/mol. The number of hydrogen-bond acceptors (Lipinski definition) is 4. The van der Waals surface area contributed by atoms with Crippen molar-refractivity contribution < 1.29 is 9.53 Å². The van der Waals surface area contributed by atoms with Crippen LogP contribution in [0.2, 0.25) is 0 Å². The second-order valence-corrected chi connectivity index (χ2v) is 5.26. The molecular formula is C15H17N3O4. The minimum atomic E-state index is -0.848. The predicted octanol–water partition coefficient (Wildman–Crippen LogP) is 0.110. The lowest BCUT2D eigenvalue weighted by Gasteiger charge is -2.29. The maximum atomic E-state index is 12.5. The van der Waals surface area contributed by atoms with Gasteiger partial charge in [0.15, 0.2) is 0 Å². The lowest BCUT2D eigenvalue weighted by atomic mass is 10.2. The molecule has 0 radical (unpaired) electrons. The summed E-state index contributed by atoms with van der Waals surface area (Å²) >= 11 is 0. The molecule has 1 aromatic heterocycles. The van der Waals surface area contributed by atoms with Gasteiger partial charge in [0.25, 0.3) is 5.56 Å². The molecule has 7 nitrogen and oxygen atoms in total. The van der Waals surface area contributed by atoms with Gasteiger partial charge in [-0.3, -0.25) is 9.59 Å². The molecule has 3 rings (SSSR count). The fraction of sp³-hybridized carbons (Fsp3) is 0.400. The van der Waals surface area contributed by atoms with Crippen molar-refractivity contribution in [2.24, 2.45) is 0 Å². The van der Waals surface area contributed by atoms with Crippen molar-refractivity contribution in [3.8, 4) is 0 Å². The fourth-order valence-electron chi connectivity index (χ4n) is 2.69. The number of aromatic nitrogens is 2. The van der Waals surface area contributed by atoms with E-state index in [1.54, 1.807) is 36.1 Å². The highest BCUT2D eigenvalue weighted by atomic mass is 16.5. The Morgan fingerprint density at radius 3 is 2.64 bits per heavy atom. The summed E-state index contributed by atoms with van der Waals surface area (Å²) in [5.74, 6) is -0.244. The third-order valence-electron chi connectivity index (χ3n) is 3.90. The van der Waals surface area contributed by atoms with Crippen molar-refractivity contribution in [2.45, 2.75) is 13.0 Å². The molecule has 0 spiro atoms. The first-order valence-electron chi connectivity index (χ1n) is 7.19. The number of morpholine rings is 1. The van der Waals surface area contributed by atoms with E-state index >= 15 is 0 Å². The molecule has 1 amide bonds. The molecule has 0 saturated carbocycles. The van der Waals surface area contributed by atoms with Crippen LogP contribution < -0.4 is 11.2 Å². The van der Waals surface area contributed by atoms with E-state index in [9.17, 15) is 14.4 Å². The van der Waals surface area contributed by atoms with E-state index in [0.29, 0.717) is 37.2 Å². The number of carbonyl (C=O) groups excluding carboxylic acids is 1. The van der Waals surface area contributed by atoms with Gasteiger partial charge in [0.2, 0.25) is 5.91 Å². The van der Waals surface area contributed by atoms with Crippen LogP contribution in [0.5, 0.6) is 0 Å². The summed E-state index contributed by atoms with van der Waals surface area (Å²) in [6.45, 7) is 3.47. The maximum Gasteiger partial charge on any atom is 0.329 e. The van der Waals surface area contributed by atoms with E-state index in [-0.39, 0.29) is 5.91 Å². The zero-order chi connectivity index (χ0) is 15.7. The zero-order valence-electron chi connectivity index (χ0n) is 12.2. The molecule has 1 atom stereocenters. The molecule has 1 saturated heterocycles. The molecule has 2 aromatic rings. The van der Waals surface area contributed by atoms with E-state index in [4.69, 9.17) is 4.74 Å². The molecule has 0 bridgehead atoms. The number of benzene rings is 1. The van der Waals surface area contributed by atoms with Crippen LogP contribution in [0.15, 0.2) is 33.9 Å². The van der Waals surface area contributed by atoms with E-state index in [1.807, 2.05) is 0 Å². The molecule has 2 heterocycles. The average Bonchev–Trinajstić information content (AvgIpc) is 2.55. The van der Waals surface area contributed by atoms with Gasteiger partial charge in [0.1, 0.15) is 6.04 Å². The van der Waals surface area contributed by atoms with Crippen LogP contribution in [0.25, 0.3) is 10.9 Å². The summed E-state index contributed by atoms with van der Waals surface area (Å²) in [5, 5.41) is 0.392. The molecule has 1 fully saturated rings. The van der Waals surface area contributed by atoms with E-state index in [0.717, 1.165) is 4.57 Å². The van der Waals surface area contributed by atoms with Crippen molar-refractivity contribution >= 4 is 16.8 Å². The van der Waals surface area contributed by atoms with Gasteiger partial charge in [-0.1, -0.05) is 12.1 Å². The first kappa shape index (κ1) is 14.5. The van der Waals surface area contributed by atoms with E-state index in [2.05, 4.69) is 4.98 Å². The van der Waals surface area contributed by atoms with Gasteiger partial charge in [-0.05, 0) is 19.1 Å². The van der Waals surface area contributed by atoms with Crippen molar-refractivity contribution in [1.82, 2.24) is 14.5 Å². The number of nitrogens with zero attached hydrogens (tertiary/aromatic N) is 2. The van der Waals surface area contributed by atoms with E-state index in [1.165, 1.54) is 0 Å². The van der Waals surface area contributed by atoms with Crippen LogP contribution in [0.4, 0.5) is 0 Å². The number of amides is 1. The summed E-state index contributed by atoms with van der Waals surface area (Å²) in [7, 11) is 0. The second kappa shape index (κ2) is 5.76. The normalized spacial score (nSPS) is 16.7. The Kier molecular flexibility index (Phi) is 3.81. The van der Waals surface area contributed by atoms with Gasteiger partial charge in [0, 0.05) is 13.1 Å². The molecule has 1 aliphatic heterocycles. The lowest BCUT2D eigenvalue weighted by Crippen LogP contribution is -2.48. The smallest absolute Gasteiger partial charge is 0.329 e. The minimum Gasteiger partial charge on any atom is -0.378 e. The van der Waals surface area contributed by atoms with Crippen molar-refractivity contribution in [1.29, 1.82) is 0 Å². The number of hydrogen-bond donors (Lipinski definition) is 1. The average molecular weight is 303 g/mol. The third kappa shape index (κ3) is 2.43. The molecule has 0 aliphatic carbocycles. The van der Waals surface area contributed by atoms with Gasteiger partial charge < -0.3 is 14.6 Å². The van der Waals surface area contributed by atoms with Crippen LogP contribution in [-0.2, 0) is 9.53 Å². The molecule has 1 unspecified atom stereocenters. The zero-order valence-corrected chi connectivity index (χ0v) is 12.2. The summed E-state index contributed by atoms with van der Waals surface area (Å²) in [5.41, 5.74) is -0.550. The molecule has 1 aliphatic rings. The molecule has 22 heavy (non-hydrogen) atoms. The number of ether oxygens (including phenoxy) is 1. The number of fused-ring (bicyclic) bond motifs is 1. The minimum absolute atomic E-state index is 0.244. The number of rotatable bonds is 2. The van der Waals surface area contributed by atoms with Crippen LogP contribution in [0.3, 0.4) is 0 Å².